The Balaban J connectivity index is 1.03. The van der Waals surface area contributed by atoms with Crippen molar-refractivity contribution in [2.45, 2.75) is 0 Å². The van der Waals surface area contributed by atoms with Crippen LogP contribution in [0.3, 0.4) is 0 Å². The van der Waals surface area contributed by atoms with Crippen molar-refractivity contribution in [3.8, 4) is 56.4 Å². The standard InChI is InChI=1S/C55H33N3O/c1-3-15-34(16-4-1)53-56-54(35-17-5-2-6-18-35)58-55(57-53)38-20-13-19-36(31-38)39-27-14-28-47-50-33-48(44-25-11-12-26-46(44)52(50)59-51(39)47)37-29-30-45-42-23-8-7-21-40(42)41-22-9-10-24-43(41)49(45)32-37/h1-33H. The van der Waals surface area contributed by atoms with E-state index in [0.717, 1.165) is 60.5 Å². The third kappa shape index (κ3) is 5.42. The molecule has 2 aromatic heterocycles. The van der Waals surface area contributed by atoms with E-state index >= 15 is 0 Å². The van der Waals surface area contributed by atoms with Crippen molar-refractivity contribution >= 4 is 65.0 Å². The molecule has 59 heavy (non-hydrogen) atoms. The number of furan rings is 1. The van der Waals surface area contributed by atoms with Gasteiger partial charge in [0.25, 0.3) is 0 Å². The molecule has 0 saturated heterocycles. The molecule has 0 unspecified atom stereocenters. The van der Waals surface area contributed by atoms with Gasteiger partial charge >= 0.3 is 0 Å². The van der Waals surface area contributed by atoms with Crippen LogP contribution in [0.4, 0.5) is 0 Å². The molecule has 0 aliphatic rings. The zero-order chi connectivity index (χ0) is 38.9. The zero-order valence-corrected chi connectivity index (χ0v) is 31.8. The summed E-state index contributed by atoms with van der Waals surface area (Å²) < 4.78 is 6.98. The summed E-state index contributed by atoms with van der Waals surface area (Å²) in [5.41, 5.74) is 8.90. The zero-order valence-electron chi connectivity index (χ0n) is 31.8. The van der Waals surface area contributed by atoms with Crippen molar-refractivity contribution in [1.82, 2.24) is 15.0 Å². The molecule has 0 saturated carbocycles. The van der Waals surface area contributed by atoms with E-state index in [1.165, 1.54) is 43.4 Å². The topological polar surface area (TPSA) is 51.8 Å². The van der Waals surface area contributed by atoms with Crippen LogP contribution in [0.2, 0.25) is 0 Å². The van der Waals surface area contributed by atoms with Gasteiger partial charge in [-0.2, -0.15) is 0 Å². The fraction of sp³-hybridized carbons (Fsp3) is 0. The lowest BCUT2D eigenvalue weighted by Crippen LogP contribution is -2.00. The van der Waals surface area contributed by atoms with E-state index in [1.807, 2.05) is 60.7 Å². The lowest BCUT2D eigenvalue weighted by molar-refractivity contribution is 0.674. The third-order valence-corrected chi connectivity index (χ3v) is 11.7. The summed E-state index contributed by atoms with van der Waals surface area (Å²) in [6.07, 6.45) is 0. The Morgan fingerprint density at radius 1 is 0.237 bits per heavy atom. The Labute approximate surface area is 339 Å². The number of benzene rings is 10. The van der Waals surface area contributed by atoms with Crippen LogP contribution in [0.25, 0.3) is 121 Å². The first-order valence-electron chi connectivity index (χ1n) is 19.9. The minimum Gasteiger partial charge on any atom is -0.455 e. The van der Waals surface area contributed by atoms with Gasteiger partial charge in [-0.25, -0.2) is 15.0 Å². The molecule has 0 bridgehead atoms. The van der Waals surface area contributed by atoms with Gasteiger partial charge in [-0.15, -0.1) is 0 Å². The quantitative estimate of drug-likeness (QED) is 0.164. The minimum absolute atomic E-state index is 0.614. The summed E-state index contributed by atoms with van der Waals surface area (Å²) in [7, 11) is 0. The lowest BCUT2D eigenvalue weighted by Gasteiger charge is -2.13. The normalized spacial score (nSPS) is 11.7. The molecule has 0 radical (unpaired) electrons. The molecular weight excluding hydrogens is 719 g/mol. The van der Waals surface area contributed by atoms with Crippen LogP contribution >= 0.6 is 0 Å². The van der Waals surface area contributed by atoms with Crippen molar-refractivity contribution in [2.75, 3.05) is 0 Å². The first-order valence-corrected chi connectivity index (χ1v) is 19.9. The average molecular weight is 752 g/mol. The molecule has 0 amide bonds. The molecular formula is C55H33N3O. The van der Waals surface area contributed by atoms with Crippen molar-refractivity contribution in [2.24, 2.45) is 0 Å². The highest BCUT2D eigenvalue weighted by molar-refractivity contribution is 6.26. The van der Waals surface area contributed by atoms with E-state index in [4.69, 9.17) is 19.4 Å². The molecule has 4 heteroatoms. The molecule has 12 rings (SSSR count). The fourth-order valence-electron chi connectivity index (χ4n) is 8.92. The van der Waals surface area contributed by atoms with Crippen molar-refractivity contribution < 1.29 is 4.42 Å². The summed E-state index contributed by atoms with van der Waals surface area (Å²) in [6, 6.07) is 70.5. The second-order valence-electron chi connectivity index (χ2n) is 15.1. The van der Waals surface area contributed by atoms with Gasteiger partial charge in [0, 0.05) is 38.4 Å². The number of fused-ring (bicyclic) bond motifs is 11. The van der Waals surface area contributed by atoms with Crippen LogP contribution in [-0.4, -0.2) is 15.0 Å². The van der Waals surface area contributed by atoms with Gasteiger partial charge in [0.15, 0.2) is 17.5 Å². The third-order valence-electron chi connectivity index (χ3n) is 11.7. The van der Waals surface area contributed by atoms with E-state index in [1.54, 1.807) is 0 Å². The molecule has 12 aromatic rings. The number of aromatic nitrogens is 3. The smallest absolute Gasteiger partial charge is 0.164 e. The second-order valence-corrected chi connectivity index (χ2v) is 15.1. The van der Waals surface area contributed by atoms with Gasteiger partial charge in [0.05, 0.1) is 0 Å². The maximum Gasteiger partial charge on any atom is 0.164 e. The Morgan fingerprint density at radius 2 is 0.678 bits per heavy atom. The monoisotopic (exact) mass is 751 g/mol. The van der Waals surface area contributed by atoms with Crippen molar-refractivity contribution in [3.05, 3.63) is 200 Å². The van der Waals surface area contributed by atoms with Gasteiger partial charge in [-0.1, -0.05) is 182 Å². The van der Waals surface area contributed by atoms with Crippen LogP contribution in [0.5, 0.6) is 0 Å². The number of hydrogen-bond donors (Lipinski definition) is 0. The van der Waals surface area contributed by atoms with Crippen LogP contribution in [0.15, 0.2) is 205 Å². The first-order chi connectivity index (χ1) is 29.2. The Hall–Kier alpha value is -7.95. The average Bonchev–Trinajstić information content (AvgIpc) is 3.71. The van der Waals surface area contributed by atoms with Crippen LogP contribution in [0, 0.1) is 0 Å². The summed E-state index contributed by atoms with van der Waals surface area (Å²) in [4.78, 5) is 14.9. The minimum atomic E-state index is 0.614. The summed E-state index contributed by atoms with van der Waals surface area (Å²) in [5.74, 6) is 1.88. The van der Waals surface area contributed by atoms with Gasteiger partial charge < -0.3 is 4.42 Å². The summed E-state index contributed by atoms with van der Waals surface area (Å²) >= 11 is 0. The SMILES string of the molecule is c1ccc(-c2nc(-c3ccccc3)nc(-c3cccc(-c4cccc5c4oc4c6ccccc6c(-c6ccc7c8ccccc8c8ccccc8c7c6)cc54)c3)n2)cc1. The maximum absolute atomic E-state index is 6.98. The van der Waals surface area contributed by atoms with E-state index in [2.05, 4.69) is 140 Å². The molecule has 274 valence electrons. The molecule has 0 atom stereocenters. The molecule has 4 nitrogen and oxygen atoms in total. The number of nitrogens with zero attached hydrogens (tertiary/aromatic N) is 3. The van der Waals surface area contributed by atoms with E-state index in [-0.39, 0.29) is 0 Å². The largest absolute Gasteiger partial charge is 0.455 e. The van der Waals surface area contributed by atoms with Gasteiger partial charge in [0.2, 0.25) is 0 Å². The summed E-state index contributed by atoms with van der Waals surface area (Å²) in [6.45, 7) is 0. The Bertz CT molecular complexity index is 3520. The van der Waals surface area contributed by atoms with Crippen molar-refractivity contribution in [1.29, 1.82) is 0 Å². The van der Waals surface area contributed by atoms with E-state index in [9.17, 15) is 0 Å². The molecule has 10 aromatic carbocycles. The first kappa shape index (κ1) is 33.2. The Kier molecular flexibility index (Phi) is 7.50. The number of para-hydroxylation sites is 1. The van der Waals surface area contributed by atoms with Gasteiger partial charge in [-0.3, -0.25) is 0 Å². The lowest BCUT2D eigenvalue weighted by atomic mass is 9.90. The molecule has 0 N–H and O–H groups in total. The van der Waals surface area contributed by atoms with Gasteiger partial charge in [-0.05, 0) is 72.6 Å². The maximum atomic E-state index is 6.98. The Morgan fingerprint density at radius 3 is 1.32 bits per heavy atom. The predicted molar refractivity (Wildman–Crippen MR) is 244 cm³/mol. The van der Waals surface area contributed by atoms with Crippen LogP contribution in [0.1, 0.15) is 0 Å². The molecule has 0 spiro atoms. The van der Waals surface area contributed by atoms with Crippen LogP contribution in [-0.2, 0) is 0 Å². The van der Waals surface area contributed by atoms with E-state index < -0.39 is 0 Å². The highest BCUT2D eigenvalue weighted by atomic mass is 16.3. The molecule has 0 aliphatic heterocycles. The highest BCUT2D eigenvalue weighted by Crippen LogP contribution is 2.44. The number of rotatable bonds is 5. The highest BCUT2D eigenvalue weighted by Gasteiger charge is 2.19. The molecule has 0 fully saturated rings. The van der Waals surface area contributed by atoms with Gasteiger partial charge in [0.1, 0.15) is 11.2 Å². The van der Waals surface area contributed by atoms with E-state index in [0.29, 0.717) is 17.5 Å². The molecule has 0 aliphatic carbocycles. The molecule has 2 heterocycles. The number of hydrogen-bond acceptors (Lipinski definition) is 4. The second kappa shape index (κ2) is 13.3. The summed E-state index contributed by atoms with van der Waals surface area (Å²) in [5, 5.41) is 12.0. The predicted octanol–water partition coefficient (Wildman–Crippen LogP) is 14.7. The van der Waals surface area contributed by atoms with Crippen molar-refractivity contribution in [3.63, 3.8) is 0 Å². The fourth-order valence-corrected chi connectivity index (χ4v) is 8.92. The van der Waals surface area contributed by atoms with Crippen LogP contribution < -0.4 is 0 Å².